The van der Waals surface area contributed by atoms with Crippen molar-refractivity contribution in [2.24, 2.45) is 5.73 Å². The van der Waals surface area contributed by atoms with E-state index in [1.54, 1.807) is 6.20 Å². The van der Waals surface area contributed by atoms with E-state index in [4.69, 9.17) is 11.5 Å². The van der Waals surface area contributed by atoms with E-state index in [9.17, 15) is 0 Å². The number of benzene rings is 1. The van der Waals surface area contributed by atoms with E-state index < -0.39 is 0 Å². The van der Waals surface area contributed by atoms with Crippen LogP contribution in [0, 0.1) is 6.92 Å². The van der Waals surface area contributed by atoms with Crippen molar-refractivity contribution in [3.63, 3.8) is 0 Å². The number of pyridine rings is 1. The fourth-order valence-corrected chi connectivity index (χ4v) is 2.52. The van der Waals surface area contributed by atoms with Crippen LogP contribution in [0.2, 0.25) is 0 Å². The monoisotopic (exact) mass is 305 g/mol. The molecule has 0 saturated carbocycles. The van der Waals surface area contributed by atoms with Gasteiger partial charge in [-0.3, -0.25) is 0 Å². The third-order valence-corrected chi connectivity index (χ3v) is 3.78. The van der Waals surface area contributed by atoms with Crippen LogP contribution in [-0.4, -0.2) is 4.98 Å². The molecule has 0 bridgehead atoms. The van der Waals surface area contributed by atoms with Crippen molar-refractivity contribution in [1.29, 1.82) is 0 Å². The Morgan fingerprint density at radius 1 is 1.28 bits per heavy atom. The zero-order valence-electron chi connectivity index (χ0n) is 10.2. The minimum Gasteiger partial charge on any atom is -0.383 e. The molecule has 3 nitrogen and oxygen atoms in total. The quantitative estimate of drug-likeness (QED) is 0.916. The Morgan fingerprint density at radius 3 is 2.67 bits per heavy atom. The molecule has 0 amide bonds. The van der Waals surface area contributed by atoms with Crippen molar-refractivity contribution in [2.45, 2.75) is 19.4 Å². The first-order valence-corrected chi connectivity index (χ1v) is 6.59. The number of aryl methyl sites for hydroxylation is 1. The summed E-state index contributed by atoms with van der Waals surface area (Å²) < 4.78 is 1.07. The van der Waals surface area contributed by atoms with Crippen LogP contribution >= 0.6 is 15.9 Å². The SMILES string of the molecule is Cc1ccnc(N)c1C(N)Cc1ccccc1Br. The predicted octanol–water partition coefficient (Wildman–Crippen LogP) is 2.98. The molecule has 94 valence electrons. The highest BCUT2D eigenvalue weighted by Gasteiger charge is 2.14. The largest absolute Gasteiger partial charge is 0.383 e. The first-order valence-electron chi connectivity index (χ1n) is 5.79. The number of nitrogens with two attached hydrogens (primary N) is 2. The maximum absolute atomic E-state index is 6.26. The molecule has 1 atom stereocenters. The van der Waals surface area contributed by atoms with Gasteiger partial charge in [0, 0.05) is 22.3 Å². The average molecular weight is 306 g/mol. The van der Waals surface area contributed by atoms with Crippen LogP contribution in [0.5, 0.6) is 0 Å². The van der Waals surface area contributed by atoms with Gasteiger partial charge in [-0.1, -0.05) is 34.1 Å². The molecule has 0 saturated heterocycles. The number of aromatic nitrogens is 1. The molecule has 0 aliphatic rings. The summed E-state index contributed by atoms with van der Waals surface area (Å²) in [4.78, 5) is 4.11. The Kier molecular flexibility index (Phi) is 3.99. The van der Waals surface area contributed by atoms with Crippen LogP contribution in [0.3, 0.4) is 0 Å². The minimum absolute atomic E-state index is 0.141. The lowest BCUT2D eigenvalue weighted by molar-refractivity contribution is 0.714. The van der Waals surface area contributed by atoms with Crippen LogP contribution in [0.25, 0.3) is 0 Å². The number of rotatable bonds is 3. The molecular weight excluding hydrogens is 290 g/mol. The number of nitrogen functional groups attached to an aromatic ring is 1. The van der Waals surface area contributed by atoms with Gasteiger partial charge in [-0.15, -0.1) is 0 Å². The van der Waals surface area contributed by atoms with Gasteiger partial charge in [-0.05, 0) is 36.6 Å². The van der Waals surface area contributed by atoms with Crippen LogP contribution in [-0.2, 0) is 6.42 Å². The minimum atomic E-state index is -0.141. The molecule has 1 aromatic heterocycles. The number of nitrogens with zero attached hydrogens (tertiary/aromatic N) is 1. The Bertz CT molecular complexity index is 534. The molecule has 0 aliphatic heterocycles. The predicted molar refractivity (Wildman–Crippen MR) is 78.2 cm³/mol. The molecule has 4 N–H and O–H groups in total. The van der Waals surface area contributed by atoms with Gasteiger partial charge in [0.15, 0.2) is 0 Å². The van der Waals surface area contributed by atoms with E-state index in [1.165, 1.54) is 5.56 Å². The summed E-state index contributed by atoms with van der Waals surface area (Å²) in [5.74, 6) is 0.523. The van der Waals surface area contributed by atoms with Gasteiger partial charge >= 0.3 is 0 Å². The van der Waals surface area contributed by atoms with E-state index in [2.05, 4.69) is 27.0 Å². The highest BCUT2D eigenvalue weighted by molar-refractivity contribution is 9.10. The maximum Gasteiger partial charge on any atom is 0.128 e. The summed E-state index contributed by atoms with van der Waals surface area (Å²) in [7, 11) is 0. The summed E-state index contributed by atoms with van der Waals surface area (Å²) in [5, 5.41) is 0. The van der Waals surface area contributed by atoms with Crippen LogP contribution in [0.15, 0.2) is 41.0 Å². The summed E-state index contributed by atoms with van der Waals surface area (Å²) in [6, 6.07) is 9.87. The summed E-state index contributed by atoms with van der Waals surface area (Å²) in [6.45, 7) is 2.01. The molecule has 0 spiro atoms. The zero-order chi connectivity index (χ0) is 13.1. The first-order chi connectivity index (χ1) is 8.59. The van der Waals surface area contributed by atoms with Gasteiger partial charge in [-0.25, -0.2) is 4.98 Å². The standard InChI is InChI=1S/C14H16BrN3/c1-9-6-7-18-14(17)13(9)12(16)8-10-4-2-3-5-11(10)15/h2-7,12H,8,16H2,1H3,(H2,17,18). The Hall–Kier alpha value is -1.39. The molecule has 2 aromatic rings. The van der Waals surface area contributed by atoms with E-state index in [0.29, 0.717) is 5.82 Å². The molecule has 0 radical (unpaired) electrons. The molecule has 2 rings (SSSR count). The van der Waals surface area contributed by atoms with Crippen molar-refractivity contribution < 1.29 is 0 Å². The van der Waals surface area contributed by atoms with Crippen molar-refractivity contribution in [1.82, 2.24) is 4.98 Å². The second kappa shape index (κ2) is 5.50. The Morgan fingerprint density at radius 2 is 2.00 bits per heavy atom. The van der Waals surface area contributed by atoms with Crippen LogP contribution < -0.4 is 11.5 Å². The molecule has 0 fully saturated rings. The third kappa shape index (κ3) is 2.71. The second-order valence-corrected chi connectivity index (χ2v) is 5.18. The molecule has 18 heavy (non-hydrogen) atoms. The fourth-order valence-electron chi connectivity index (χ4n) is 2.08. The van der Waals surface area contributed by atoms with E-state index in [1.807, 2.05) is 31.2 Å². The second-order valence-electron chi connectivity index (χ2n) is 4.33. The average Bonchev–Trinajstić information content (AvgIpc) is 2.32. The van der Waals surface area contributed by atoms with Gasteiger partial charge in [0.25, 0.3) is 0 Å². The van der Waals surface area contributed by atoms with Gasteiger partial charge in [0.05, 0.1) is 0 Å². The summed E-state index contributed by atoms with van der Waals surface area (Å²) >= 11 is 3.53. The maximum atomic E-state index is 6.26. The van der Waals surface area contributed by atoms with Crippen LogP contribution in [0.1, 0.15) is 22.7 Å². The van der Waals surface area contributed by atoms with Gasteiger partial charge in [0.1, 0.15) is 5.82 Å². The number of hydrogen-bond acceptors (Lipinski definition) is 3. The molecule has 1 unspecified atom stereocenters. The molecule has 0 aliphatic carbocycles. The van der Waals surface area contributed by atoms with Crippen molar-refractivity contribution in [3.8, 4) is 0 Å². The molecule has 1 heterocycles. The van der Waals surface area contributed by atoms with Crippen LogP contribution in [0.4, 0.5) is 5.82 Å². The van der Waals surface area contributed by atoms with E-state index in [0.717, 1.165) is 22.0 Å². The topological polar surface area (TPSA) is 64.9 Å². The van der Waals surface area contributed by atoms with Gasteiger partial charge in [-0.2, -0.15) is 0 Å². The first kappa shape index (κ1) is 13.1. The lowest BCUT2D eigenvalue weighted by Crippen LogP contribution is -2.17. The lowest BCUT2D eigenvalue weighted by atomic mass is 9.97. The van der Waals surface area contributed by atoms with Crippen molar-refractivity contribution in [3.05, 3.63) is 57.7 Å². The van der Waals surface area contributed by atoms with Crippen molar-refractivity contribution >= 4 is 21.7 Å². The third-order valence-electron chi connectivity index (χ3n) is 3.01. The molecule has 4 heteroatoms. The summed E-state index contributed by atoms with van der Waals surface area (Å²) in [6.07, 6.45) is 2.44. The van der Waals surface area contributed by atoms with Crippen molar-refractivity contribution in [2.75, 3.05) is 5.73 Å². The zero-order valence-corrected chi connectivity index (χ0v) is 11.8. The van der Waals surface area contributed by atoms with Gasteiger partial charge < -0.3 is 11.5 Å². The highest BCUT2D eigenvalue weighted by Crippen LogP contribution is 2.26. The number of hydrogen-bond donors (Lipinski definition) is 2. The van der Waals surface area contributed by atoms with E-state index >= 15 is 0 Å². The fraction of sp³-hybridized carbons (Fsp3) is 0.214. The highest BCUT2D eigenvalue weighted by atomic mass is 79.9. The van der Waals surface area contributed by atoms with E-state index in [-0.39, 0.29) is 6.04 Å². The lowest BCUT2D eigenvalue weighted by Gasteiger charge is -2.17. The number of anilines is 1. The number of halogens is 1. The normalized spacial score (nSPS) is 12.4. The molecule has 1 aromatic carbocycles. The summed E-state index contributed by atoms with van der Waals surface area (Å²) in [5.41, 5.74) is 15.4. The van der Waals surface area contributed by atoms with Gasteiger partial charge in [0.2, 0.25) is 0 Å². The molecular formula is C14H16BrN3. The Balaban J connectivity index is 2.28. The smallest absolute Gasteiger partial charge is 0.128 e. The Labute approximate surface area is 115 Å².